The van der Waals surface area contributed by atoms with Gasteiger partial charge in [-0.15, -0.1) is 0 Å². The molecule has 2 atom stereocenters. The van der Waals surface area contributed by atoms with Crippen molar-refractivity contribution in [1.82, 2.24) is 9.80 Å². The summed E-state index contributed by atoms with van der Waals surface area (Å²) in [5, 5.41) is 0. The van der Waals surface area contributed by atoms with E-state index in [-0.39, 0.29) is 11.9 Å². The molecule has 1 rings (SSSR count). The minimum atomic E-state index is -0.809. The Labute approximate surface area is 104 Å². The van der Waals surface area contributed by atoms with Crippen LogP contribution in [0.2, 0.25) is 0 Å². The van der Waals surface area contributed by atoms with Crippen LogP contribution in [-0.2, 0) is 9.53 Å². The zero-order valence-electron chi connectivity index (χ0n) is 11.4. The van der Waals surface area contributed by atoms with Gasteiger partial charge in [0, 0.05) is 25.7 Å². The molecule has 100 valence electrons. The summed E-state index contributed by atoms with van der Waals surface area (Å²) in [6, 6.07) is 0.170. The van der Waals surface area contributed by atoms with Crippen molar-refractivity contribution in [3.63, 3.8) is 0 Å². The van der Waals surface area contributed by atoms with Gasteiger partial charge in [-0.3, -0.25) is 4.79 Å². The minimum absolute atomic E-state index is 0.0202. The Balaban J connectivity index is 2.69. The smallest absolute Gasteiger partial charge is 0.245 e. The molecule has 2 N–H and O–H groups in total. The number of likely N-dealkylation sites (N-methyl/N-ethyl adjacent to an activating group) is 2. The van der Waals surface area contributed by atoms with Crippen LogP contribution in [0.5, 0.6) is 0 Å². The zero-order valence-corrected chi connectivity index (χ0v) is 11.4. The van der Waals surface area contributed by atoms with Gasteiger partial charge in [-0.25, -0.2) is 0 Å². The van der Waals surface area contributed by atoms with E-state index in [1.165, 1.54) is 0 Å². The van der Waals surface area contributed by atoms with Gasteiger partial charge in [-0.2, -0.15) is 0 Å². The lowest BCUT2D eigenvalue weighted by molar-refractivity contribution is -0.139. The first-order valence-electron chi connectivity index (χ1n) is 6.23. The van der Waals surface area contributed by atoms with Crippen LogP contribution in [0.1, 0.15) is 20.3 Å². The van der Waals surface area contributed by atoms with E-state index in [2.05, 4.69) is 11.8 Å². The number of carbonyl (C=O) groups is 1. The van der Waals surface area contributed by atoms with Crippen molar-refractivity contribution in [2.45, 2.75) is 31.8 Å². The predicted molar refractivity (Wildman–Crippen MR) is 67.8 cm³/mol. The highest BCUT2D eigenvalue weighted by atomic mass is 16.5. The van der Waals surface area contributed by atoms with Crippen molar-refractivity contribution < 1.29 is 9.53 Å². The second kappa shape index (κ2) is 5.80. The molecular weight excluding hydrogens is 218 g/mol. The fraction of sp³-hybridized carbons (Fsp3) is 0.917. The Bertz CT molecular complexity index is 262. The Morgan fingerprint density at radius 1 is 1.53 bits per heavy atom. The first-order valence-corrected chi connectivity index (χ1v) is 6.23. The lowest BCUT2D eigenvalue weighted by Gasteiger charge is -2.35. The summed E-state index contributed by atoms with van der Waals surface area (Å²) in [6.45, 7) is 6.51. The molecule has 2 unspecified atom stereocenters. The summed E-state index contributed by atoms with van der Waals surface area (Å²) < 4.78 is 5.25. The first kappa shape index (κ1) is 14.4. The van der Waals surface area contributed by atoms with Crippen molar-refractivity contribution in [3.8, 4) is 0 Å². The molecule has 1 heterocycles. The molecule has 0 aromatic carbocycles. The predicted octanol–water partition coefficient (Wildman–Crippen LogP) is -0.0972. The van der Waals surface area contributed by atoms with Gasteiger partial charge >= 0.3 is 0 Å². The van der Waals surface area contributed by atoms with Crippen molar-refractivity contribution >= 4 is 5.91 Å². The number of hydrogen-bond acceptors (Lipinski definition) is 4. The number of hydrogen-bond donors (Lipinski definition) is 1. The topological polar surface area (TPSA) is 58.8 Å². The molecule has 0 aromatic heterocycles. The van der Waals surface area contributed by atoms with E-state index in [1.807, 2.05) is 25.9 Å². The maximum atomic E-state index is 12.4. The number of nitrogens with zero attached hydrogens (tertiary/aromatic N) is 2. The highest BCUT2D eigenvalue weighted by Crippen LogP contribution is 2.19. The molecule has 1 aliphatic rings. The minimum Gasteiger partial charge on any atom is -0.379 e. The summed E-state index contributed by atoms with van der Waals surface area (Å²) in [7, 11) is 4.01. The molecule has 17 heavy (non-hydrogen) atoms. The van der Waals surface area contributed by atoms with E-state index in [1.54, 1.807) is 0 Å². The van der Waals surface area contributed by atoms with Crippen molar-refractivity contribution in [2.24, 2.45) is 5.73 Å². The van der Waals surface area contributed by atoms with Crippen molar-refractivity contribution in [3.05, 3.63) is 0 Å². The van der Waals surface area contributed by atoms with Crippen molar-refractivity contribution in [1.29, 1.82) is 0 Å². The van der Waals surface area contributed by atoms with Crippen LogP contribution in [-0.4, -0.2) is 67.7 Å². The second-order valence-corrected chi connectivity index (χ2v) is 5.16. The van der Waals surface area contributed by atoms with Crippen molar-refractivity contribution in [2.75, 3.05) is 40.4 Å². The van der Waals surface area contributed by atoms with E-state index in [0.717, 1.165) is 6.54 Å². The van der Waals surface area contributed by atoms with Crippen LogP contribution in [0.4, 0.5) is 0 Å². The number of nitrogens with two attached hydrogens (primary N) is 1. The summed E-state index contributed by atoms with van der Waals surface area (Å²) in [4.78, 5) is 16.4. The van der Waals surface area contributed by atoms with Crippen LogP contribution < -0.4 is 5.73 Å². The second-order valence-electron chi connectivity index (χ2n) is 5.16. The van der Waals surface area contributed by atoms with Gasteiger partial charge in [0.15, 0.2) is 0 Å². The van der Waals surface area contributed by atoms with E-state index < -0.39 is 5.54 Å². The monoisotopic (exact) mass is 243 g/mol. The van der Waals surface area contributed by atoms with Gasteiger partial charge in [0.1, 0.15) is 5.54 Å². The molecule has 0 radical (unpaired) electrons. The third-order valence-electron chi connectivity index (χ3n) is 3.24. The highest BCUT2D eigenvalue weighted by Gasteiger charge is 2.41. The van der Waals surface area contributed by atoms with Gasteiger partial charge < -0.3 is 20.3 Å². The number of amides is 1. The van der Waals surface area contributed by atoms with E-state index in [9.17, 15) is 4.79 Å². The van der Waals surface area contributed by atoms with Gasteiger partial charge in [0.05, 0.1) is 6.61 Å². The number of ether oxygens (including phenoxy) is 1. The molecule has 5 heteroatoms. The van der Waals surface area contributed by atoms with Crippen LogP contribution in [0.25, 0.3) is 0 Å². The number of carbonyl (C=O) groups excluding carboxylic acids is 1. The van der Waals surface area contributed by atoms with Gasteiger partial charge in [-0.05, 0) is 34.4 Å². The third kappa shape index (κ3) is 3.40. The molecule has 0 bridgehead atoms. The Morgan fingerprint density at radius 2 is 2.18 bits per heavy atom. The van der Waals surface area contributed by atoms with Crippen LogP contribution in [0, 0.1) is 0 Å². The van der Waals surface area contributed by atoms with Gasteiger partial charge in [0.25, 0.3) is 0 Å². The Kier molecular flexibility index (Phi) is 4.91. The van der Waals surface area contributed by atoms with Crippen LogP contribution in [0.15, 0.2) is 0 Å². The molecule has 0 spiro atoms. The molecule has 1 amide bonds. The average molecular weight is 243 g/mol. The highest BCUT2D eigenvalue weighted by molar-refractivity contribution is 5.87. The molecule has 1 aliphatic heterocycles. The fourth-order valence-electron chi connectivity index (χ4n) is 2.32. The molecule has 1 saturated heterocycles. The molecule has 1 fully saturated rings. The summed E-state index contributed by atoms with van der Waals surface area (Å²) >= 11 is 0. The normalized spacial score (nSPS) is 26.2. The maximum absolute atomic E-state index is 12.4. The quantitative estimate of drug-likeness (QED) is 0.733. The fourth-order valence-corrected chi connectivity index (χ4v) is 2.32. The molecule has 0 aliphatic carbocycles. The third-order valence-corrected chi connectivity index (χ3v) is 3.24. The molecule has 5 nitrogen and oxygen atoms in total. The standard InChI is InChI=1S/C12H25N3O2/c1-5-15(10(2)8-14(3)4)11(16)12(13)6-7-17-9-12/h10H,5-9,13H2,1-4H3. The summed E-state index contributed by atoms with van der Waals surface area (Å²) in [5.74, 6) is 0.0202. The SMILES string of the molecule is CCN(C(=O)C1(N)CCOC1)C(C)CN(C)C. The summed E-state index contributed by atoms with van der Waals surface area (Å²) in [5.41, 5.74) is 5.31. The van der Waals surface area contributed by atoms with Gasteiger partial charge in [-0.1, -0.05) is 0 Å². The molecule has 0 aromatic rings. The lowest BCUT2D eigenvalue weighted by Crippen LogP contribution is -2.59. The number of rotatable bonds is 5. The maximum Gasteiger partial charge on any atom is 0.245 e. The molecule has 0 saturated carbocycles. The zero-order chi connectivity index (χ0) is 13.1. The van der Waals surface area contributed by atoms with E-state index in [0.29, 0.717) is 26.2 Å². The largest absolute Gasteiger partial charge is 0.379 e. The summed E-state index contributed by atoms with van der Waals surface area (Å²) in [6.07, 6.45) is 0.622. The lowest BCUT2D eigenvalue weighted by atomic mass is 9.97. The Hall–Kier alpha value is -0.650. The Morgan fingerprint density at radius 3 is 2.59 bits per heavy atom. The van der Waals surface area contributed by atoms with E-state index >= 15 is 0 Å². The van der Waals surface area contributed by atoms with E-state index in [4.69, 9.17) is 10.5 Å². The van der Waals surface area contributed by atoms with Gasteiger partial charge in [0.2, 0.25) is 5.91 Å². The van der Waals surface area contributed by atoms with Crippen LogP contribution >= 0.6 is 0 Å². The van der Waals surface area contributed by atoms with Crippen LogP contribution in [0.3, 0.4) is 0 Å². The molecular formula is C12H25N3O2. The first-order chi connectivity index (χ1) is 7.90. The average Bonchev–Trinajstić information content (AvgIpc) is 2.66.